The van der Waals surface area contributed by atoms with Crippen molar-refractivity contribution < 1.29 is 19.0 Å². The number of aromatic nitrogens is 2. The second-order valence-electron chi connectivity index (χ2n) is 9.12. The third-order valence-corrected chi connectivity index (χ3v) is 5.98. The minimum Gasteiger partial charge on any atom is -0.490 e. The molecule has 7 heteroatoms. The van der Waals surface area contributed by atoms with Crippen molar-refractivity contribution in [2.24, 2.45) is 5.41 Å². The number of hydrogen-bond acceptors (Lipinski definition) is 5. The Balaban J connectivity index is 1.92. The van der Waals surface area contributed by atoms with Crippen molar-refractivity contribution in [1.29, 1.82) is 0 Å². The zero-order valence-electron chi connectivity index (χ0n) is 19.3. The molecule has 4 rings (SSSR count). The van der Waals surface area contributed by atoms with Gasteiger partial charge in [-0.15, -0.1) is 0 Å². The van der Waals surface area contributed by atoms with E-state index in [4.69, 9.17) is 14.2 Å². The molecule has 1 atom stereocenters. The van der Waals surface area contributed by atoms with Crippen LogP contribution in [0.3, 0.4) is 0 Å². The lowest BCUT2D eigenvalue weighted by atomic mass is 9.85. The van der Waals surface area contributed by atoms with Gasteiger partial charge in [-0.3, -0.25) is 4.79 Å². The van der Waals surface area contributed by atoms with E-state index in [9.17, 15) is 9.59 Å². The fourth-order valence-corrected chi connectivity index (χ4v) is 4.35. The smallest absolute Gasteiger partial charge is 0.343 e. The summed E-state index contributed by atoms with van der Waals surface area (Å²) in [4.78, 5) is 25.3. The number of carbonyl (C=O) groups excluding carboxylic acids is 1. The van der Waals surface area contributed by atoms with Gasteiger partial charge in [0.25, 0.3) is 0 Å². The van der Waals surface area contributed by atoms with E-state index in [-0.39, 0.29) is 29.1 Å². The topological polar surface area (TPSA) is 71.7 Å². The highest BCUT2D eigenvalue weighted by Crippen LogP contribution is 2.43. The van der Waals surface area contributed by atoms with Crippen LogP contribution in [-0.2, 0) is 16.0 Å². The number of carbonyl (C=O) groups is 1. The maximum Gasteiger partial charge on any atom is 0.343 e. The van der Waals surface area contributed by atoms with E-state index in [1.165, 1.54) is 0 Å². The molecule has 0 saturated carbocycles. The minimum atomic E-state index is -0.583. The SMILES string of the molecule is CCOC(=O)c1cn2c(cc1=O)-c1cc3c(OCCOC)cccc3n1CC2C(C)(C)C. The highest BCUT2D eigenvalue weighted by atomic mass is 16.5. The number of methoxy groups -OCH3 is 1. The first-order valence-electron chi connectivity index (χ1n) is 10.9. The summed E-state index contributed by atoms with van der Waals surface area (Å²) in [6.45, 7) is 10.1. The van der Waals surface area contributed by atoms with E-state index < -0.39 is 5.97 Å². The van der Waals surface area contributed by atoms with Crippen molar-refractivity contribution in [3.05, 3.63) is 52.3 Å². The zero-order chi connectivity index (χ0) is 23.0. The van der Waals surface area contributed by atoms with Crippen LogP contribution in [0.1, 0.15) is 44.1 Å². The van der Waals surface area contributed by atoms with E-state index in [2.05, 4.69) is 42.0 Å². The highest BCUT2D eigenvalue weighted by molar-refractivity contribution is 5.93. The van der Waals surface area contributed by atoms with Gasteiger partial charge in [-0.2, -0.15) is 0 Å². The third kappa shape index (κ3) is 3.81. The number of rotatable bonds is 6. The number of esters is 1. The second-order valence-corrected chi connectivity index (χ2v) is 9.12. The molecular weight excluding hydrogens is 408 g/mol. The number of benzene rings is 1. The molecule has 0 N–H and O–H groups in total. The summed E-state index contributed by atoms with van der Waals surface area (Å²) in [6, 6.07) is 9.65. The molecule has 32 heavy (non-hydrogen) atoms. The molecule has 0 radical (unpaired) electrons. The Morgan fingerprint density at radius 1 is 1.16 bits per heavy atom. The summed E-state index contributed by atoms with van der Waals surface area (Å²) < 4.78 is 20.5. The molecule has 0 spiro atoms. The molecule has 0 aliphatic carbocycles. The predicted octanol–water partition coefficient (Wildman–Crippen LogP) is 4.27. The van der Waals surface area contributed by atoms with E-state index >= 15 is 0 Å². The van der Waals surface area contributed by atoms with Gasteiger partial charge in [-0.25, -0.2) is 4.79 Å². The molecule has 1 aliphatic rings. The van der Waals surface area contributed by atoms with Crippen LogP contribution in [0.15, 0.2) is 41.3 Å². The van der Waals surface area contributed by atoms with Crippen LogP contribution >= 0.6 is 0 Å². The molecule has 0 bridgehead atoms. The van der Waals surface area contributed by atoms with E-state index in [1.807, 2.05) is 12.1 Å². The van der Waals surface area contributed by atoms with Gasteiger partial charge in [-0.05, 0) is 30.5 Å². The highest BCUT2D eigenvalue weighted by Gasteiger charge is 2.34. The zero-order valence-corrected chi connectivity index (χ0v) is 19.3. The van der Waals surface area contributed by atoms with Crippen LogP contribution < -0.4 is 10.2 Å². The fraction of sp³-hybridized carbons (Fsp3) is 0.440. The molecule has 0 fully saturated rings. The van der Waals surface area contributed by atoms with Crippen molar-refractivity contribution in [2.45, 2.75) is 40.3 Å². The van der Waals surface area contributed by atoms with Gasteiger partial charge in [0.2, 0.25) is 0 Å². The van der Waals surface area contributed by atoms with Crippen molar-refractivity contribution in [2.75, 3.05) is 26.9 Å². The maximum absolute atomic E-state index is 12.9. The molecule has 1 aromatic carbocycles. The van der Waals surface area contributed by atoms with Gasteiger partial charge in [0.1, 0.15) is 17.9 Å². The first-order chi connectivity index (χ1) is 15.3. The van der Waals surface area contributed by atoms with Crippen LogP contribution in [0.4, 0.5) is 0 Å². The molecule has 0 amide bonds. The molecule has 1 unspecified atom stereocenters. The fourth-order valence-electron chi connectivity index (χ4n) is 4.35. The Hall–Kier alpha value is -3.06. The number of pyridine rings is 1. The quantitative estimate of drug-likeness (QED) is 0.425. The van der Waals surface area contributed by atoms with Gasteiger partial charge in [-0.1, -0.05) is 26.8 Å². The molecule has 170 valence electrons. The summed E-state index contributed by atoms with van der Waals surface area (Å²) in [5.41, 5.74) is 2.38. The summed E-state index contributed by atoms with van der Waals surface area (Å²) in [6.07, 6.45) is 1.67. The number of hydrogen-bond donors (Lipinski definition) is 0. The van der Waals surface area contributed by atoms with Crippen LogP contribution in [0.2, 0.25) is 0 Å². The Labute approximate surface area is 187 Å². The third-order valence-electron chi connectivity index (χ3n) is 5.98. The molecule has 3 heterocycles. The van der Waals surface area contributed by atoms with Crippen molar-refractivity contribution >= 4 is 16.9 Å². The first-order valence-corrected chi connectivity index (χ1v) is 10.9. The standard InChI is InChI=1S/C25H30N2O5/c1-6-31-24(29)17-14-27-20(13-21(17)28)19-12-16-18(26(19)15-23(27)25(2,3)4)8-7-9-22(16)32-11-10-30-5/h7-9,12-14,23H,6,10-11,15H2,1-5H3. The van der Waals surface area contributed by atoms with E-state index in [0.717, 1.165) is 28.0 Å². The monoisotopic (exact) mass is 438 g/mol. The number of nitrogens with zero attached hydrogens (tertiary/aromatic N) is 2. The van der Waals surface area contributed by atoms with Gasteiger partial charge in [0.15, 0.2) is 5.43 Å². The molecule has 1 aliphatic heterocycles. The van der Waals surface area contributed by atoms with E-state index in [0.29, 0.717) is 19.8 Å². The van der Waals surface area contributed by atoms with Gasteiger partial charge >= 0.3 is 5.97 Å². The summed E-state index contributed by atoms with van der Waals surface area (Å²) >= 11 is 0. The van der Waals surface area contributed by atoms with Crippen LogP contribution in [0.25, 0.3) is 22.3 Å². The maximum atomic E-state index is 12.9. The second kappa shape index (κ2) is 8.47. The van der Waals surface area contributed by atoms with Gasteiger partial charge < -0.3 is 23.3 Å². The Morgan fingerprint density at radius 2 is 1.94 bits per heavy atom. The van der Waals surface area contributed by atoms with E-state index in [1.54, 1.807) is 26.3 Å². The molecular formula is C25H30N2O5. The first kappa shape index (κ1) is 22.1. The van der Waals surface area contributed by atoms with Crippen LogP contribution in [0.5, 0.6) is 5.75 Å². The summed E-state index contributed by atoms with van der Waals surface area (Å²) in [7, 11) is 1.65. The van der Waals surface area contributed by atoms with Crippen molar-refractivity contribution in [3.8, 4) is 17.1 Å². The number of fused-ring (bicyclic) bond motifs is 5. The number of ether oxygens (including phenoxy) is 3. The molecule has 0 saturated heterocycles. The molecule has 7 nitrogen and oxygen atoms in total. The van der Waals surface area contributed by atoms with Crippen molar-refractivity contribution in [3.63, 3.8) is 0 Å². The predicted molar refractivity (Wildman–Crippen MR) is 123 cm³/mol. The lowest BCUT2D eigenvalue weighted by Gasteiger charge is -2.39. The Morgan fingerprint density at radius 3 is 2.62 bits per heavy atom. The lowest BCUT2D eigenvalue weighted by Crippen LogP contribution is -2.35. The largest absolute Gasteiger partial charge is 0.490 e. The van der Waals surface area contributed by atoms with Gasteiger partial charge in [0.05, 0.1) is 36.2 Å². The van der Waals surface area contributed by atoms with Gasteiger partial charge in [0, 0.05) is 31.3 Å². The summed E-state index contributed by atoms with van der Waals surface area (Å²) in [5, 5.41) is 0.988. The summed E-state index contributed by atoms with van der Waals surface area (Å²) in [5.74, 6) is 0.200. The molecule has 3 aromatic rings. The lowest BCUT2D eigenvalue weighted by molar-refractivity contribution is 0.0522. The normalized spacial score (nSPS) is 15.3. The Bertz CT molecular complexity index is 1220. The van der Waals surface area contributed by atoms with Crippen LogP contribution in [-0.4, -0.2) is 42.0 Å². The Kier molecular flexibility index (Phi) is 5.86. The average molecular weight is 439 g/mol. The minimum absolute atomic E-state index is 0.0347. The average Bonchev–Trinajstić information content (AvgIpc) is 3.12. The van der Waals surface area contributed by atoms with Crippen LogP contribution in [0, 0.1) is 5.41 Å². The van der Waals surface area contributed by atoms with Crippen molar-refractivity contribution in [1.82, 2.24) is 9.13 Å². The molecule has 2 aromatic heterocycles.